The van der Waals surface area contributed by atoms with E-state index in [1.807, 2.05) is 55.7 Å². The van der Waals surface area contributed by atoms with E-state index in [9.17, 15) is 14.4 Å². The normalized spacial score (nSPS) is 14.9. The van der Waals surface area contributed by atoms with Crippen LogP contribution in [0.25, 0.3) is 11.8 Å². The lowest BCUT2D eigenvalue weighted by Crippen LogP contribution is -2.54. The van der Waals surface area contributed by atoms with Crippen molar-refractivity contribution in [2.45, 2.75) is 27.7 Å². The first kappa shape index (κ1) is 24.1. The van der Waals surface area contributed by atoms with Gasteiger partial charge in [-0.3, -0.25) is 19.8 Å². The molecule has 0 bridgehead atoms. The second-order valence-corrected chi connectivity index (χ2v) is 8.61. The van der Waals surface area contributed by atoms with Gasteiger partial charge >= 0.3 is 5.97 Å². The fourth-order valence-corrected chi connectivity index (χ4v) is 4.31. The number of hydrogen-bond donors (Lipinski definition) is 1. The summed E-state index contributed by atoms with van der Waals surface area (Å²) >= 11 is 5.28. The van der Waals surface area contributed by atoms with Crippen LogP contribution in [0.2, 0.25) is 0 Å². The number of amides is 2. The van der Waals surface area contributed by atoms with Crippen LogP contribution in [0.5, 0.6) is 0 Å². The lowest BCUT2D eigenvalue weighted by Gasteiger charge is -2.29. The molecule has 2 heterocycles. The second-order valence-electron chi connectivity index (χ2n) is 8.22. The SMILES string of the molecule is CCOC(=O)c1ccc(-n2c(C)cc(/C=C3/C(=O)NC(=S)N(c4ccc(C)cc4)C3=O)c2C)cc1. The average molecular weight is 488 g/mol. The van der Waals surface area contributed by atoms with Crippen LogP contribution in [0.3, 0.4) is 0 Å². The van der Waals surface area contributed by atoms with Crippen LogP contribution < -0.4 is 10.2 Å². The van der Waals surface area contributed by atoms with Crippen molar-refractivity contribution in [2.24, 2.45) is 0 Å². The Morgan fingerprint density at radius 1 is 1.00 bits per heavy atom. The molecule has 4 rings (SSSR count). The van der Waals surface area contributed by atoms with E-state index in [1.165, 1.54) is 4.90 Å². The Hall–Kier alpha value is -4.04. The summed E-state index contributed by atoms with van der Waals surface area (Å²) in [5.74, 6) is -1.39. The molecule has 1 aliphatic heterocycles. The Morgan fingerprint density at radius 2 is 1.63 bits per heavy atom. The van der Waals surface area contributed by atoms with Crippen molar-refractivity contribution in [3.05, 3.63) is 88.2 Å². The summed E-state index contributed by atoms with van der Waals surface area (Å²) in [4.78, 5) is 39.3. The number of nitrogens with one attached hydrogen (secondary N) is 1. The van der Waals surface area contributed by atoms with Gasteiger partial charge < -0.3 is 9.30 Å². The maximum Gasteiger partial charge on any atom is 0.338 e. The standard InChI is InChI=1S/C27H25N3O4S/c1-5-34-26(33)19-8-12-21(13-9-19)29-17(3)14-20(18(29)4)15-23-24(31)28-27(35)30(25(23)32)22-10-6-16(2)7-11-22/h6-15H,5H2,1-4H3,(H,28,31,35)/b23-15-. The molecule has 1 fully saturated rings. The number of carbonyl (C=O) groups is 3. The van der Waals surface area contributed by atoms with Gasteiger partial charge in [-0.05, 0) is 94.0 Å². The topological polar surface area (TPSA) is 80.6 Å². The highest BCUT2D eigenvalue weighted by atomic mass is 32.1. The van der Waals surface area contributed by atoms with Gasteiger partial charge in [-0.2, -0.15) is 0 Å². The third kappa shape index (κ3) is 4.65. The number of aromatic nitrogens is 1. The second kappa shape index (κ2) is 9.68. The predicted molar refractivity (Wildman–Crippen MR) is 139 cm³/mol. The summed E-state index contributed by atoms with van der Waals surface area (Å²) in [5.41, 5.74) is 5.43. The minimum absolute atomic E-state index is 0.00270. The van der Waals surface area contributed by atoms with Crippen molar-refractivity contribution >= 4 is 46.9 Å². The largest absolute Gasteiger partial charge is 0.462 e. The number of anilines is 1. The quantitative estimate of drug-likeness (QED) is 0.250. The smallest absolute Gasteiger partial charge is 0.338 e. The monoisotopic (exact) mass is 487 g/mol. The maximum absolute atomic E-state index is 13.3. The summed E-state index contributed by atoms with van der Waals surface area (Å²) in [5, 5.41) is 2.67. The van der Waals surface area contributed by atoms with Gasteiger partial charge in [0.05, 0.1) is 17.9 Å². The van der Waals surface area contributed by atoms with Crippen LogP contribution in [0.4, 0.5) is 5.69 Å². The third-order valence-corrected chi connectivity index (χ3v) is 6.09. The molecule has 3 aromatic rings. The molecule has 1 saturated heterocycles. The number of benzene rings is 2. The van der Waals surface area contributed by atoms with Crippen LogP contribution in [0, 0.1) is 20.8 Å². The Balaban J connectivity index is 1.69. The van der Waals surface area contributed by atoms with Crippen LogP contribution in [0.1, 0.15) is 39.8 Å². The predicted octanol–water partition coefficient (Wildman–Crippen LogP) is 4.41. The van der Waals surface area contributed by atoms with Crippen molar-refractivity contribution in [2.75, 3.05) is 11.5 Å². The number of rotatable bonds is 5. The number of ether oxygens (including phenoxy) is 1. The Kier molecular flexibility index (Phi) is 6.66. The summed E-state index contributed by atoms with van der Waals surface area (Å²) in [6.07, 6.45) is 1.59. The fraction of sp³-hybridized carbons (Fsp3) is 0.185. The number of aryl methyl sites for hydroxylation is 2. The van der Waals surface area contributed by atoms with Crippen molar-refractivity contribution in [1.82, 2.24) is 9.88 Å². The Morgan fingerprint density at radius 3 is 2.26 bits per heavy atom. The van der Waals surface area contributed by atoms with Gasteiger partial charge in [0, 0.05) is 17.1 Å². The summed E-state index contributed by atoms with van der Waals surface area (Å²) in [6, 6.07) is 16.3. The van der Waals surface area contributed by atoms with Crippen molar-refractivity contribution < 1.29 is 19.1 Å². The molecule has 0 saturated carbocycles. The average Bonchev–Trinajstić information content (AvgIpc) is 3.10. The highest BCUT2D eigenvalue weighted by Crippen LogP contribution is 2.26. The molecule has 0 aliphatic carbocycles. The van der Waals surface area contributed by atoms with Crippen molar-refractivity contribution in [1.29, 1.82) is 0 Å². The number of hydrogen-bond acceptors (Lipinski definition) is 5. The van der Waals surface area contributed by atoms with Gasteiger partial charge in [0.15, 0.2) is 5.11 Å². The molecule has 0 atom stereocenters. The molecule has 1 aromatic heterocycles. The zero-order chi connectivity index (χ0) is 25.3. The molecule has 178 valence electrons. The molecule has 2 aromatic carbocycles. The van der Waals surface area contributed by atoms with Crippen LogP contribution in [0.15, 0.2) is 60.2 Å². The lowest BCUT2D eigenvalue weighted by molar-refractivity contribution is -0.122. The molecule has 1 N–H and O–H groups in total. The number of nitrogens with zero attached hydrogens (tertiary/aromatic N) is 2. The summed E-state index contributed by atoms with van der Waals surface area (Å²) < 4.78 is 7.04. The van der Waals surface area contributed by atoms with Gasteiger partial charge in [-0.1, -0.05) is 17.7 Å². The van der Waals surface area contributed by atoms with E-state index in [1.54, 1.807) is 37.3 Å². The van der Waals surface area contributed by atoms with Gasteiger partial charge in [0.25, 0.3) is 11.8 Å². The van der Waals surface area contributed by atoms with E-state index in [4.69, 9.17) is 17.0 Å². The molecule has 0 unspecified atom stereocenters. The molecule has 7 nitrogen and oxygen atoms in total. The first-order valence-corrected chi connectivity index (χ1v) is 11.6. The van der Waals surface area contributed by atoms with Crippen LogP contribution in [-0.2, 0) is 14.3 Å². The summed E-state index contributed by atoms with van der Waals surface area (Å²) in [6.45, 7) is 7.87. The van der Waals surface area contributed by atoms with Crippen LogP contribution in [-0.4, -0.2) is 34.1 Å². The van der Waals surface area contributed by atoms with Gasteiger partial charge in [0.2, 0.25) is 0 Å². The molecule has 2 amide bonds. The lowest BCUT2D eigenvalue weighted by atomic mass is 10.1. The van der Waals surface area contributed by atoms with E-state index in [0.29, 0.717) is 17.9 Å². The first-order chi connectivity index (χ1) is 16.7. The zero-order valence-electron chi connectivity index (χ0n) is 19.9. The molecular weight excluding hydrogens is 462 g/mol. The minimum atomic E-state index is -0.535. The van der Waals surface area contributed by atoms with Crippen molar-refractivity contribution in [3.63, 3.8) is 0 Å². The van der Waals surface area contributed by atoms with Gasteiger partial charge in [0.1, 0.15) is 5.57 Å². The molecule has 0 radical (unpaired) electrons. The maximum atomic E-state index is 13.3. The fourth-order valence-electron chi connectivity index (χ4n) is 4.03. The van der Waals surface area contributed by atoms with E-state index in [0.717, 1.165) is 28.2 Å². The first-order valence-electron chi connectivity index (χ1n) is 11.2. The molecule has 0 spiro atoms. The highest BCUT2D eigenvalue weighted by molar-refractivity contribution is 7.80. The van der Waals surface area contributed by atoms with E-state index < -0.39 is 11.8 Å². The third-order valence-electron chi connectivity index (χ3n) is 5.80. The molecular formula is C27H25N3O4S. The Bertz CT molecular complexity index is 1370. The van der Waals surface area contributed by atoms with Crippen LogP contribution >= 0.6 is 12.2 Å². The Labute approximate surface area is 209 Å². The zero-order valence-corrected chi connectivity index (χ0v) is 20.7. The molecule has 35 heavy (non-hydrogen) atoms. The summed E-state index contributed by atoms with van der Waals surface area (Å²) in [7, 11) is 0. The molecule has 8 heteroatoms. The minimum Gasteiger partial charge on any atom is -0.462 e. The van der Waals surface area contributed by atoms with E-state index in [-0.39, 0.29) is 16.7 Å². The van der Waals surface area contributed by atoms with Gasteiger partial charge in [-0.25, -0.2) is 4.79 Å². The van der Waals surface area contributed by atoms with Crippen molar-refractivity contribution in [3.8, 4) is 5.69 Å². The van der Waals surface area contributed by atoms with E-state index in [2.05, 4.69) is 5.32 Å². The van der Waals surface area contributed by atoms with Gasteiger partial charge in [-0.15, -0.1) is 0 Å². The number of esters is 1. The van der Waals surface area contributed by atoms with E-state index >= 15 is 0 Å². The number of thiocarbonyl (C=S) groups is 1. The molecule has 1 aliphatic rings. The highest BCUT2D eigenvalue weighted by Gasteiger charge is 2.34. The number of carbonyl (C=O) groups excluding carboxylic acids is 3.